The fourth-order valence-corrected chi connectivity index (χ4v) is 4.98. The monoisotopic (exact) mass is 494 g/mol. The van der Waals surface area contributed by atoms with E-state index in [1.165, 1.54) is 6.42 Å². The third-order valence-electron chi connectivity index (χ3n) is 6.95. The minimum absolute atomic E-state index is 0.134. The number of ether oxygens (including phenoxy) is 1. The molecule has 0 aliphatic carbocycles. The molecule has 0 saturated carbocycles. The first-order valence-corrected chi connectivity index (χ1v) is 13.0. The topological polar surface area (TPSA) is 68.2 Å². The van der Waals surface area contributed by atoms with Crippen molar-refractivity contribution < 1.29 is 9.53 Å². The Bertz CT molecular complexity index is 1470. The van der Waals surface area contributed by atoms with Gasteiger partial charge < -0.3 is 15.4 Å². The molecular weight excluding hydrogens is 460 g/mol. The number of anilines is 2. The Hall–Kier alpha value is -4.06. The zero-order valence-corrected chi connectivity index (χ0v) is 22.0. The SMILES string of the molecule is CCCCCOc1ccc([C@H]2Nc3nc4ccccc4n3C(C)=C2C(=O)Nc2ccc(C)cc2C)cc1. The Kier molecular flexibility index (Phi) is 6.99. The van der Waals surface area contributed by atoms with Gasteiger partial charge in [0.05, 0.1) is 29.3 Å². The lowest BCUT2D eigenvalue weighted by Crippen LogP contribution is -2.30. The van der Waals surface area contributed by atoms with Crippen molar-refractivity contribution in [3.05, 3.63) is 89.0 Å². The molecule has 0 radical (unpaired) electrons. The van der Waals surface area contributed by atoms with Gasteiger partial charge >= 0.3 is 0 Å². The number of aromatic nitrogens is 2. The molecule has 0 spiro atoms. The lowest BCUT2D eigenvalue weighted by Gasteiger charge is -2.30. The first-order chi connectivity index (χ1) is 18.0. The number of nitrogens with one attached hydrogen (secondary N) is 2. The summed E-state index contributed by atoms with van der Waals surface area (Å²) in [6, 6.07) is 21.7. The van der Waals surface area contributed by atoms with Crippen molar-refractivity contribution in [3.8, 4) is 5.75 Å². The number of hydrogen-bond donors (Lipinski definition) is 2. The maximum atomic E-state index is 13.9. The highest BCUT2D eigenvalue weighted by Crippen LogP contribution is 2.39. The maximum absolute atomic E-state index is 13.9. The number of nitrogens with zero attached hydrogens (tertiary/aromatic N) is 2. The number of rotatable bonds is 8. The Labute approximate surface area is 218 Å². The number of benzene rings is 3. The van der Waals surface area contributed by atoms with E-state index in [9.17, 15) is 4.79 Å². The first kappa shape index (κ1) is 24.6. The van der Waals surface area contributed by atoms with Crippen LogP contribution in [0.2, 0.25) is 0 Å². The van der Waals surface area contributed by atoms with Crippen LogP contribution in [-0.2, 0) is 4.79 Å². The van der Waals surface area contributed by atoms with Crippen molar-refractivity contribution in [2.75, 3.05) is 17.2 Å². The molecule has 3 aromatic carbocycles. The predicted octanol–water partition coefficient (Wildman–Crippen LogP) is 7.26. The van der Waals surface area contributed by atoms with Crippen LogP contribution >= 0.6 is 0 Å². The Morgan fingerprint density at radius 3 is 2.57 bits per heavy atom. The molecule has 1 aromatic heterocycles. The average Bonchev–Trinajstić information content (AvgIpc) is 3.27. The number of aryl methyl sites for hydroxylation is 2. The number of allylic oxidation sites excluding steroid dienone is 1. The number of carbonyl (C=O) groups is 1. The van der Waals surface area contributed by atoms with Gasteiger partial charge in [0.2, 0.25) is 5.95 Å². The molecule has 1 atom stereocenters. The van der Waals surface area contributed by atoms with Crippen LogP contribution in [-0.4, -0.2) is 22.1 Å². The van der Waals surface area contributed by atoms with Gasteiger partial charge in [0.25, 0.3) is 5.91 Å². The second-order valence-corrected chi connectivity index (χ2v) is 9.73. The average molecular weight is 495 g/mol. The maximum Gasteiger partial charge on any atom is 0.255 e. The minimum Gasteiger partial charge on any atom is -0.494 e. The molecule has 2 N–H and O–H groups in total. The first-order valence-electron chi connectivity index (χ1n) is 13.0. The van der Waals surface area contributed by atoms with Gasteiger partial charge in [-0.05, 0) is 68.7 Å². The van der Waals surface area contributed by atoms with Crippen LogP contribution in [0, 0.1) is 13.8 Å². The smallest absolute Gasteiger partial charge is 0.255 e. The molecule has 4 aromatic rings. The normalized spacial score (nSPS) is 14.9. The second kappa shape index (κ2) is 10.5. The van der Waals surface area contributed by atoms with Gasteiger partial charge in [-0.25, -0.2) is 4.98 Å². The van der Waals surface area contributed by atoms with Crippen molar-refractivity contribution in [1.29, 1.82) is 0 Å². The molecule has 0 fully saturated rings. The van der Waals surface area contributed by atoms with Gasteiger partial charge in [-0.2, -0.15) is 0 Å². The van der Waals surface area contributed by atoms with Gasteiger partial charge in [-0.15, -0.1) is 0 Å². The van der Waals surface area contributed by atoms with Gasteiger partial charge in [0.15, 0.2) is 0 Å². The molecule has 2 heterocycles. The molecule has 6 nitrogen and oxygen atoms in total. The largest absolute Gasteiger partial charge is 0.494 e. The van der Waals surface area contributed by atoms with Crippen molar-refractivity contribution in [2.45, 2.75) is 53.0 Å². The molecule has 1 amide bonds. The van der Waals surface area contributed by atoms with Crippen molar-refractivity contribution in [2.24, 2.45) is 0 Å². The molecule has 0 unspecified atom stereocenters. The number of imidazole rings is 1. The van der Waals surface area contributed by atoms with E-state index < -0.39 is 0 Å². The molecular formula is C31H34N4O2. The summed E-state index contributed by atoms with van der Waals surface area (Å²) in [4.78, 5) is 18.7. The lowest BCUT2D eigenvalue weighted by molar-refractivity contribution is -0.113. The van der Waals surface area contributed by atoms with Gasteiger partial charge in [-0.3, -0.25) is 9.36 Å². The highest BCUT2D eigenvalue weighted by atomic mass is 16.5. The zero-order valence-electron chi connectivity index (χ0n) is 22.0. The summed E-state index contributed by atoms with van der Waals surface area (Å²) in [7, 11) is 0. The van der Waals surface area contributed by atoms with E-state index in [4.69, 9.17) is 9.72 Å². The number of para-hydroxylation sites is 2. The third kappa shape index (κ3) is 4.96. The highest BCUT2D eigenvalue weighted by molar-refractivity contribution is 6.10. The molecule has 1 aliphatic rings. The number of fused-ring (bicyclic) bond motifs is 3. The third-order valence-corrected chi connectivity index (χ3v) is 6.95. The number of amides is 1. The minimum atomic E-state index is -0.357. The van der Waals surface area contributed by atoms with E-state index >= 15 is 0 Å². The van der Waals surface area contributed by atoms with E-state index in [2.05, 4.69) is 30.5 Å². The summed E-state index contributed by atoms with van der Waals surface area (Å²) in [5, 5.41) is 6.71. The zero-order chi connectivity index (χ0) is 25.9. The van der Waals surface area contributed by atoms with Crippen molar-refractivity contribution in [1.82, 2.24) is 9.55 Å². The quantitative estimate of drug-likeness (QED) is 0.253. The van der Waals surface area contributed by atoms with E-state index in [1.807, 2.05) is 79.1 Å². The van der Waals surface area contributed by atoms with Crippen LogP contribution in [0.25, 0.3) is 16.7 Å². The number of hydrogen-bond acceptors (Lipinski definition) is 4. The summed E-state index contributed by atoms with van der Waals surface area (Å²) in [6.45, 7) is 8.95. The second-order valence-electron chi connectivity index (χ2n) is 9.73. The van der Waals surface area contributed by atoms with Crippen LogP contribution < -0.4 is 15.4 Å². The van der Waals surface area contributed by atoms with E-state index in [0.29, 0.717) is 12.2 Å². The summed E-state index contributed by atoms with van der Waals surface area (Å²) < 4.78 is 7.95. The van der Waals surface area contributed by atoms with Crippen LogP contribution in [0.3, 0.4) is 0 Å². The van der Waals surface area contributed by atoms with Crippen LogP contribution in [0.15, 0.2) is 72.3 Å². The number of carbonyl (C=O) groups excluding carboxylic acids is 1. The molecule has 1 aliphatic heterocycles. The summed E-state index contributed by atoms with van der Waals surface area (Å²) >= 11 is 0. The Morgan fingerprint density at radius 2 is 1.81 bits per heavy atom. The molecule has 6 heteroatoms. The molecule has 0 bridgehead atoms. The molecule has 190 valence electrons. The van der Waals surface area contributed by atoms with E-state index in [-0.39, 0.29) is 11.9 Å². The molecule has 0 saturated heterocycles. The van der Waals surface area contributed by atoms with Gasteiger partial charge in [0.1, 0.15) is 5.75 Å². The number of unbranched alkanes of at least 4 members (excludes halogenated alkanes) is 2. The van der Waals surface area contributed by atoms with Crippen molar-refractivity contribution in [3.63, 3.8) is 0 Å². The van der Waals surface area contributed by atoms with E-state index in [0.717, 1.165) is 63.6 Å². The predicted molar refractivity (Wildman–Crippen MR) is 151 cm³/mol. The highest BCUT2D eigenvalue weighted by Gasteiger charge is 2.33. The fraction of sp³-hybridized carbons (Fsp3) is 0.290. The van der Waals surface area contributed by atoms with Gasteiger partial charge in [-0.1, -0.05) is 61.7 Å². The molecule has 37 heavy (non-hydrogen) atoms. The fourth-order valence-electron chi connectivity index (χ4n) is 4.98. The Morgan fingerprint density at radius 1 is 1.03 bits per heavy atom. The van der Waals surface area contributed by atoms with Crippen LogP contribution in [0.1, 0.15) is 55.8 Å². The standard InChI is InChI=1S/C31H34N4O2/c1-5-6-9-18-37-24-15-13-23(14-16-24)29-28(30(36)32-25-17-12-20(2)19-21(25)3)22(4)35-27-11-8-7-10-26(27)33-31(35)34-29/h7-8,10-17,19,29H,5-6,9,18H2,1-4H3,(H,32,36)(H,33,34)/t29-/m1/s1. The van der Waals surface area contributed by atoms with Crippen LogP contribution in [0.5, 0.6) is 5.75 Å². The summed E-state index contributed by atoms with van der Waals surface area (Å²) in [5.74, 6) is 1.43. The summed E-state index contributed by atoms with van der Waals surface area (Å²) in [5.41, 5.74) is 7.35. The lowest BCUT2D eigenvalue weighted by atomic mass is 9.94. The molecule has 5 rings (SSSR count). The van der Waals surface area contributed by atoms with Gasteiger partial charge in [0, 0.05) is 11.4 Å². The van der Waals surface area contributed by atoms with Crippen LogP contribution in [0.4, 0.5) is 11.6 Å². The van der Waals surface area contributed by atoms with Crippen molar-refractivity contribution >= 4 is 34.3 Å². The Balaban J connectivity index is 1.52. The summed E-state index contributed by atoms with van der Waals surface area (Å²) in [6.07, 6.45) is 3.37. The van der Waals surface area contributed by atoms with E-state index in [1.54, 1.807) is 0 Å².